The number of piperidine rings is 1. The maximum Gasteiger partial charge on any atom is 0.250 e. The average Bonchev–Trinajstić information content (AvgIpc) is 3.31. The van der Waals surface area contributed by atoms with E-state index in [4.69, 9.17) is 10.5 Å². The van der Waals surface area contributed by atoms with Crippen LogP contribution >= 0.6 is 0 Å². The second-order valence-electron chi connectivity index (χ2n) is 10.0. The highest BCUT2D eigenvalue weighted by Crippen LogP contribution is 2.39. The second-order valence-corrected chi connectivity index (χ2v) is 12.3. The molecule has 1 amide bonds. The summed E-state index contributed by atoms with van der Waals surface area (Å²) in [5.74, 6) is 0.724. The zero-order valence-corrected chi connectivity index (χ0v) is 23.2. The fourth-order valence-corrected chi connectivity index (χ4v) is 6.62. The Bertz CT molecular complexity index is 1400. The highest BCUT2D eigenvalue weighted by molar-refractivity contribution is 7.89. The molecule has 2 heterocycles. The number of nitrogens with two attached hydrogens (primary N) is 1. The number of aromatic nitrogens is 1. The number of sulfonamides is 1. The van der Waals surface area contributed by atoms with E-state index in [0.29, 0.717) is 18.7 Å². The van der Waals surface area contributed by atoms with Crippen molar-refractivity contribution in [2.24, 2.45) is 5.73 Å². The molecule has 0 aliphatic carbocycles. The Morgan fingerprint density at radius 2 is 1.76 bits per heavy atom. The lowest BCUT2D eigenvalue weighted by Gasteiger charge is -2.31. The summed E-state index contributed by atoms with van der Waals surface area (Å²) in [5.41, 5.74) is 12.2. The molecule has 0 atom stereocenters. The van der Waals surface area contributed by atoms with Gasteiger partial charge in [0.25, 0.3) is 5.91 Å². The number of benzene rings is 2. The van der Waals surface area contributed by atoms with E-state index in [2.05, 4.69) is 35.0 Å². The van der Waals surface area contributed by atoms with Gasteiger partial charge in [0, 0.05) is 36.8 Å². The van der Waals surface area contributed by atoms with Gasteiger partial charge in [-0.25, -0.2) is 12.7 Å². The van der Waals surface area contributed by atoms with Gasteiger partial charge in [-0.2, -0.15) is 0 Å². The number of ether oxygens (including phenoxy) is 1. The second kappa shape index (κ2) is 10.8. The van der Waals surface area contributed by atoms with E-state index >= 15 is 0 Å². The Morgan fingerprint density at radius 3 is 2.32 bits per heavy atom. The number of amides is 1. The van der Waals surface area contributed by atoms with Gasteiger partial charge >= 0.3 is 0 Å². The first-order valence-corrected chi connectivity index (χ1v) is 14.5. The number of methoxy groups -OCH3 is 1. The lowest BCUT2D eigenvalue weighted by atomic mass is 9.88. The number of carbonyl (C=O) groups is 1. The van der Waals surface area contributed by atoms with Gasteiger partial charge in [-0.15, -0.1) is 0 Å². The van der Waals surface area contributed by atoms with Crippen molar-refractivity contribution in [3.8, 4) is 16.9 Å². The number of nitrogens with zero attached hydrogens (tertiary/aromatic N) is 2. The summed E-state index contributed by atoms with van der Waals surface area (Å²) in [4.78, 5) is 17.9. The van der Waals surface area contributed by atoms with E-state index in [0.717, 1.165) is 70.3 Å². The third-order valence-corrected chi connectivity index (χ3v) is 9.27. The van der Waals surface area contributed by atoms with Crippen molar-refractivity contribution in [1.82, 2.24) is 14.2 Å². The van der Waals surface area contributed by atoms with Crippen molar-refractivity contribution in [3.05, 3.63) is 52.7 Å². The molecule has 37 heavy (non-hydrogen) atoms. The molecule has 200 valence electrons. The maximum absolute atomic E-state index is 12.5. The fraction of sp³-hybridized carbons (Fsp3) is 0.464. The van der Waals surface area contributed by atoms with Gasteiger partial charge in [0.05, 0.1) is 23.9 Å². The van der Waals surface area contributed by atoms with Crippen LogP contribution in [0.3, 0.4) is 0 Å². The largest absolute Gasteiger partial charge is 0.496 e. The summed E-state index contributed by atoms with van der Waals surface area (Å²) in [6.07, 6.45) is 4.24. The summed E-state index contributed by atoms with van der Waals surface area (Å²) in [5, 5.41) is 0.964. The summed E-state index contributed by atoms with van der Waals surface area (Å²) < 4.78 is 32.0. The molecule has 9 heteroatoms. The predicted molar refractivity (Wildman–Crippen MR) is 149 cm³/mol. The monoisotopic (exact) mass is 526 g/mol. The van der Waals surface area contributed by atoms with Gasteiger partial charge in [0.1, 0.15) is 5.75 Å². The van der Waals surface area contributed by atoms with Gasteiger partial charge in [-0.05, 0) is 92.7 Å². The molecular weight excluding hydrogens is 488 g/mol. The molecule has 4 rings (SSSR count). The van der Waals surface area contributed by atoms with Crippen LogP contribution in [-0.4, -0.2) is 68.6 Å². The molecule has 3 N–H and O–H groups in total. The van der Waals surface area contributed by atoms with Crippen molar-refractivity contribution in [2.75, 3.05) is 40.0 Å². The molecule has 2 aromatic carbocycles. The zero-order chi connectivity index (χ0) is 26.9. The molecule has 0 saturated carbocycles. The van der Waals surface area contributed by atoms with Crippen LogP contribution in [0.4, 0.5) is 0 Å². The first-order valence-electron chi connectivity index (χ1n) is 12.9. The highest BCUT2D eigenvalue weighted by atomic mass is 32.2. The number of aryl methyl sites for hydroxylation is 1. The van der Waals surface area contributed by atoms with Gasteiger partial charge in [-0.3, -0.25) is 4.79 Å². The number of fused-ring (bicyclic) bond motifs is 1. The molecule has 0 unspecified atom stereocenters. The fourth-order valence-electron chi connectivity index (χ4n) is 5.48. The molecule has 1 aliphatic rings. The van der Waals surface area contributed by atoms with Crippen LogP contribution in [0.25, 0.3) is 22.0 Å². The van der Waals surface area contributed by atoms with E-state index in [1.807, 2.05) is 26.4 Å². The summed E-state index contributed by atoms with van der Waals surface area (Å²) in [6.45, 7) is 5.52. The van der Waals surface area contributed by atoms with E-state index in [1.54, 1.807) is 18.3 Å². The third-order valence-electron chi connectivity index (χ3n) is 7.39. The minimum absolute atomic E-state index is 0.119. The quantitative estimate of drug-likeness (QED) is 0.436. The Balaban J connectivity index is 1.81. The molecule has 0 bridgehead atoms. The van der Waals surface area contributed by atoms with Gasteiger partial charge in [0.2, 0.25) is 10.0 Å². The van der Waals surface area contributed by atoms with Gasteiger partial charge in [0.15, 0.2) is 0 Å². The molecule has 1 fully saturated rings. The lowest BCUT2D eigenvalue weighted by Crippen LogP contribution is -2.38. The number of aromatic amines is 1. The van der Waals surface area contributed by atoms with E-state index in [-0.39, 0.29) is 11.7 Å². The molecule has 0 spiro atoms. The SMILES string of the molecule is CCc1cc(-c2cc(C(N)=O)c3[nH]cc(C4CCN(S(=O)(=O)CC)CC4)c3c2)cc(CN(C)C)c1OC. The van der Waals surface area contributed by atoms with Crippen molar-refractivity contribution in [2.45, 2.75) is 45.6 Å². The van der Waals surface area contributed by atoms with Crippen LogP contribution in [0.2, 0.25) is 0 Å². The van der Waals surface area contributed by atoms with Gasteiger partial charge < -0.3 is 20.4 Å². The number of H-pyrrole nitrogens is 1. The van der Waals surface area contributed by atoms with E-state index in [9.17, 15) is 13.2 Å². The molecule has 8 nitrogen and oxygen atoms in total. The molecule has 1 saturated heterocycles. The summed E-state index contributed by atoms with van der Waals surface area (Å²) >= 11 is 0. The number of rotatable bonds is 9. The number of nitrogens with one attached hydrogen (secondary N) is 1. The first-order chi connectivity index (χ1) is 17.6. The molecular formula is C28H38N4O4S. The van der Waals surface area contributed by atoms with Crippen molar-refractivity contribution in [1.29, 1.82) is 0 Å². The molecule has 0 radical (unpaired) electrons. The minimum Gasteiger partial charge on any atom is -0.496 e. The Kier molecular flexibility index (Phi) is 7.96. The van der Waals surface area contributed by atoms with Crippen LogP contribution in [0.15, 0.2) is 30.5 Å². The maximum atomic E-state index is 12.5. The number of primary amides is 1. The first kappa shape index (κ1) is 27.2. The summed E-state index contributed by atoms with van der Waals surface area (Å²) in [7, 11) is 2.56. The van der Waals surface area contributed by atoms with Crippen molar-refractivity contribution in [3.63, 3.8) is 0 Å². The zero-order valence-electron chi connectivity index (χ0n) is 22.4. The third kappa shape index (κ3) is 5.39. The van der Waals surface area contributed by atoms with Crippen LogP contribution < -0.4 is 10.5 Å². The lowest BCUT2D eigenvalue weighted by molar-refractivity contribution is 0.100. The summed E-state index contributed by atoms with van der Waals surface area (Å²) in [6, 6.07) is 8.25. The van der Waals surface area contributed by atoms with Crippen LogP contribution in [0.5, 0.6) is 5.75 Å². The van der Waals surface area contributed by atoms with Crippen LogP contribution in [0.1, 0.15) is 59.7 Å². The minimum atomic E-state index is -3.19. The van der Waals surface area contributed by atoms with Crippen LogP contribution in [0, 0.1) is 0 Å². The number of hydrogen-bond donors (Lipinski definition) is 2. The van der Waals surface area contributed by atoms with Gasteiger partial charge in [-0.1, -0.05) is 6.92 Å². The molecule has 3 aromatic rings. The Hall–Kier alpha value is -2.88. The smallest absolute Gasteiger partial charge is 0.250 e. The standard InChI is InChI=1S/C28H38N4O4S/c1-6-18-12-20(13-22(17-31(3)4)27(18)36-5)21-14-23-25(16-30-26(23)24(15-21)28(29)33)19-8-10-32(11-9-19)37(34,35)7-2/h12-16,19,30H,6-11,17H2,1-5H3,(H2,29,33). The highest BCUT2D eigenvalue weighted by Gasteiger charge is 2.29. The Labute approximate surface area is 219 Å². The normalized spacial score (nSPS) is 15.5. The number of carbonyl (C=O) groups excluding carboxylic acids is 1. The topological polar surface area (TPSA) is 109 Å². The molecule has 1 aromatic heterocycles. The Morgan fingerprint density at radius 1 is 1.11 bits per heavy atom. The van der Waals surface area contributed by atoms with Crippen molar-refractivity contribution >= 4 is 26.8 Å². The predicted octanol–water partition coefficient (Wildman–Crippen LogP) is 4.10. The number of hydrogen-bond acceptors (Lipinski definition) is 5. The van der Waals surface area contributed by atoms with Crippen molar-refractivity contribution < 1.29 is 17.9 Å². The molecule has 1 aliphatic heterocycles. The van der Waals surface area contributed by atoms with E-state index in [1.165, 1.54) is 0 Å². The average molecular weight is 527 g/mol. The van der Waals surface area contributed by atoms with Crippen LogP contribution in [-0.2, 0) is 23.0 Å². The van der Waals surface area contributed by atoms with E-state index < -0.39 is 15.9 Å².